The van der Waals surface area contributed by atoms with Crippen molar-refractivity contribution < 1.29 is 21.8 Å². The third-order valence-corrected chi connectivity index (χ3v) is 5.37. The number of fused-ring (bicyclic) bond motifs is 1. The van der Waals surface area contributed by atoms with Crippen molar-refractivity contribution in [2.45, 2.75) is 18.0 Å². The van der Waals surface area contributed by atoms with Crippen LogP contribution < -0.4 is 0 Å². The first kappa shape index (κ1) is 18.7. The Kier molecular flexibility index (Phi) is 4.98. The molecular formula is C17H11ClF4N2OS. The first-order chi connectivity index (χ1) is 12.2. The van der Waals surface area contributed by atoms with Crippen molar-refractivity contribution >= 4 is 33.4 Å². The van der Waals surface area contributed by atoms with Gasteiger partial charge in [-0.1, -0.05) is 11.6 Å². The highest BCUT2D eigenvalue weighted by Crippen LogP contribution is 2.34. The molecule has 0 spiro atoms. The molecular weight excluding hydrogens is 392 g/mol. The minimum Gasteiger partial charge on any atom is -0.254 e. The van der Waals surface area contributed by atoms with Gasteiger partial charge < -0.3 is 0 Å². The maximum Gasteiger partial charge on any atom is 0.400 e. The largest absolute Gasteiger partial charge is 0.400 e. The van der Waals surface area contributed by atoms with Gasteiger partial charge in [-0.05, 0) is 36.8 Å². The Bertz CT molecular complexity index is 1020. The second-order valence-electron chi connectivity index (χ2n) is 5.58. The second kappa shape index (κ2) is 6.92. The van der Waals surface area contributed by atoms with Gasteiger partial charge in [0, 0.05) is 33.4 Å². The Hall–Kier alpha value is -2.06. The number of aryl methyl sites for hydroxylation is 1. The molecule has 0 aliphatic carbocycles. The fraction of sp³-hybridized carbons (Fsp3) is 0.176. The Morgan fingerprint density at radius 3 is 2.46 bits per heavy atom. The van der Waals surface area contributed by atoms with Gasteiger partial charge in [0.15, 0.2) is 0 Å². The average Bonchev–Trinajstić information content (AvgIpc) is 2.52. The van der Waals surface area contributed by atoms with Crippen LogP contribution in [0.2, 0.25) is 5.02 Å². The Morgan fingerprint density at radius 1 is 1.08 bits per heavy atom. The summed E-state index contributed by atoms with van der Waals surface area (Å²) in [7, 11) is -2.36. The monoisotopic (exact) mass is 402 g/mol. The molecule has 0 amide bonds. The van der Waals surface area contributed by atoms with Crippen LogP contribution in [0.4, 0.5) is 17.6 Å². The molecule has 0 aliphatic heterocycles. The van der Waals surface area contributed by atoms with Crippen molar-refractivity contribution in [2.75, 3.05) is 5.75 Å². The minimum atomic E-state index is -4.60. The summed E-state index contributed by atoms with van der Waals surface area (Å²) in [5, 5.41) is 0.269. The standard InChI is InChI=1S/C17H11ClF4N2OS/c1-9-4-13(19)11(7-15(9)26(25)8-17(20,21)22)12-5-10(18)6-14-16(12)24-3-2-23-14/h2-7H,8H2,1H3. The number of alkyl halides is 3. The molecule has 0 saturated heterocycles. The highest BCUT2D eigenvalue weighted by molar-refractivity contribution is 7.85. The summed E-state index contributed by atoms with van der Waals surface area (Å²) in [4.78, 5) is 8.17. The summed E-state index contributed by atoms with van der Waals surface area (Å²) < 4.78 is 64.4. The number of aromatic nitrogens is 2. The van der Waals surface area contributed by atoms with Crippen molar-refractivity contribution in [1.29, 1.82) is 0 Å². The van der Waals surface area contributed by atoms with Crippen LogP contribution in [0.3, 0.4) is 0 Å². The van der Waals surface area contributed by atoms with Gasteiger partial charge >= 0.3 is 6.18 Å². The zero-order valence-corrected chi connectivity index (χ0v) is 14.8. The SMILES string of the molecule is Cc1cc(F)c(-c2cc(Cl)cc3nccnc23)cc1S(=O)CC(F)(F)F. The maximum atomic E-state index is 14.6. The molecule has 1 heterocycles. The number of nitrogens with zero attached hydrogens (tertiary/aromatic N) is 2. The third kappa shape index (κ3) is 3.86. The molecule has 0 saturated carbocycles. The smallest absolute Gasteiger partial charge is 0.254 e. The third-order valence-electron chi connectivity index (χ3n) is 3.63. The predicted octanol–water partition coefficient (Wildman–Crippen LogP) is 5.07. The number of rotatable bonds is 3. The van der Waals surface area contributed by atoms with Gasteiger partial charge in [0.05, 0.1) is 21.8 Å². The van der Waals surface area contributed by atoms with E-state index in [9.17, 15) is 21.8 Å². The normalized spacial score (nSPS) is 13.2. The molecule has 1 aromatic heterocycles. The van der Waals surface area contributed by atoms with Gasteiger partial charge in [-0.3, -0.25) is 14.2 Å². The van der Waals surface area contributed by atoms with Crippen molar-refractivity contribution in [3.8, 4) is 11.1 Å². The van der Waals surface area contributed by atoms with Crippen molar-refractivity contribution in [3.63, 3.8) is 0 Å². The summed E-state index contributed by atoms with van der Waals surface area (Å²) in [6, 6.07) is 5.21. The van der Waals surface area contributed by atoms with E-state index in [1.165, 1.54) is 25.4 Å². The Labute approximate surface area is 153 Å². The zero-order chi connectivity index (χ0) is 19.1. The molecule has 3 nitrogen and oxygen atoms in total. The van der Waals surface area contributed by atoms with Crippen molar-refractivity contribution in [3.05, 3.63) is 53.1 Å². The lowest BCUT2D eigenvalue weighted by atomic mass is 10.0. The first-order valence-corrected chi connectivity index (χ1v) is 9.01. The summed E-state index contributed by atoms with van der Waals surface area (Å²) in [5.41, 5.74) is 1.16. The molecule has 1 unspecified atom stereocenters. The van der Waals surface area contributed by atoms with Crippen LogP contribution in [-0.4, -0.2) is 26.1 Å². The number of benzene rings is 2. The lowest BCUT2D eigenvalue weighted by Crippen LogP contribution is -2.19. The number of hydrogen-bond acceptors (Lipinski definition) is 3. The van der Waals surface area contributed by atoms with E-state index in [1.54, 1.807) is 6.07 Å². The van der Waals surface area contributed by atoms with E-state index in [1.807, 2.05) is 0 Å². The van der Waals surface area contributed by atoms with E-state index >= 15 is 0 Å². The molecule has 0 N–H and O–H groups in total. The molecule has 26 heavy (non-hydrogen) atoms. The summed E-state index contributed by atoms with van der Waals surface area (Å²) in [5.74, 6) is -2.18. The van der Waals surface area contributed by atoms with E-state index in [0.29, 0.717) is 11.0 Å². The van der Waals surface area contributed by atoms with Crippen LogP contribution in [0, 0.1) is 12.7 Å². The van der Waals surface area contributed by atoms with E-state index in [0.717, 1.165) is 12.1 Å². The van der Waals surface area contributed by atoms with E-state index in [2.05, 4.69) is 9.97 Å². The minimum absolute atomic E-state index is 0.0332. The predicted molar refractivity (Wildman–Crippen MR) is 92.0 cm³/mol. The number of hydrogen-bond donors (Lipinski definition) is 0. The van der Waals surface area contributed by atoms with Gasteiger partial charge in [0.1, 0.15) is 11.6 Å². The van der Waals surface area contributed by atoms with Crippen LogP contribution in [0.15, 0.2) is 41.6 Å². The fourth-order valence-corrected chi connectivity index (χ4v) is 3.91. The second-order valence-corrected chi connectivity index (χ2v) is 7.44. The highest BCUT2D eigenvalue weighted by Gasteiger charge is 2.32. The van der Waals surface area contributed by atoms with Crippen molar-refractivity contribution in [1.82, 2.24) is 9.97 Å². The van der Waals surface area contributed by atoms with Gasteiger partial charge in [-0.25, -0.2) is 4.39 Å². The molecule has 1 atom stereocenters. The van der Waals surface area contributed by atoms with E-state index in [4.69, 9.17) is 11.6 Å². The average molecular weight is 403 g/mol. The van der Waals surface area contributed by atoms with Gasteiger partial charge in [0.25, 0.3) is 0 Å². The van der Waals surface area contributed by atoms with Gasteiger partial charge in [-0.15, -0.1) is 0 Å². The molecule has 9 heteroatoms. The van der Waals surface area contributed by atoms with Crippen LogP contribution in [0.1, 0.15) is 5.56 Å². The lowest BCUT2D eigenvalue weighted by molar-refractivity contribution is -0.105. The van der Waals surface area contributed by atoms with Crippen LogP contribution in [0.25, 0.3) is 22.2 Å². The topological polar surface area (TPSA) is 42.9 Å². The maximum absolute atomic E-state index is 14.6. The Morgan fingerprint density at radius 2 is 1.77 bits per heavy atom. The molecule has 0 aliphatic rings. The molecule has 0 bridgehead atoms. The Balaban J connectivity index is 2.21. The van der Waals surface area contributed by atoms with Crippen LogP contribution >= 0.6 is 11.6 Å². The highest BCUT2D eigenvalue weighted by atomic mass is 35.5. The summed E-state index contributed by atoms with van der Waals surface area (Å²) in [6.45, 7) is 1.41. The first-order valence-electron chi connectivity index (χ1n) is 7.31. The number of halogens is 5. The quantitative estimate of drug-likeness (QED) is 0.574. The summed E-state index contributed by atoms with van der Waals surface area (Å²) >= 11 is 6.05. The zero-order valence-electron chi connectivity index (χ0n) is 13.3. The fourth-order valence-electron chi connectivity index (χ4n) is 2.58. The lowest BCUT2D eigenvalue weighted by Gasteiger charge is -2.13. The van der Waals surface area contributed by atoms with Crippen LogP contribution in [-0.2, 0) is 10.8 Å². The van der Waals surface area contributed by atoms with Gasteiger partial charge in [-0.2, -0.15) is 13.2 Å². The molecule has 2 aromatic carbocycles. The van der Waals surface area contributed by atoms with Gasteiger partial charge in [0.2, 0.25) is 0 Å². The van der Waals surface area contributed by atoms with Crippen molar-refractivity contribution in [2.24, 2.45) is 0 Å². The van der Waals surface area contributed by atoms with E-state index in [-0.39, 0.29) is 26.6 Å². The summed E-state index contributed by atoms with van der Waals surface area (Å²) in [6.07, 6.45) is -1.74. The molecule has 0 fully saturated rings. The molecule has 3 aromatic rings. The molecule has 0 radical (unpaired) electrons. The molecule has 136 valence electrons. The van der Waals surface area contributed by atoms with Crippen LogP contribution in [0.5, 0.6) is 0 Å². The van der Waals surface area contributed by atoms with E-state index < -0.39 is 28.5 Å². The molecule has 3 rings (SSSR count).